The summed E-state index contributed by atoms with van der Waals surface area (Å²) in [5, 5.41) is 2.72. The molecule has 5 heteroatoms. The zero-order valence-electron chi connectivity index (χ0n) is 11.3. The molecular weight excluding hydrogens is 240 g/mol. The van der Waals surface area contributed by atoms with E-state index in [2.05, 4.69) is 33.7 Å². The molecule has 102 valence electrons. The second-order valence-electron chi connectivity index (χ2n) is 4.91. The predicted octanol–water partition coefficient (Wildman–Crippen LogP) is 1.63. The van der Waals surface area contributed by atoms with Crippen LogP contribution in [0, 0.1) is 5.92 Å². The van der Waals surface area contributed by atoms with E-state index in [9.17, 15) is 4.79 Å². The van der Waals surface area contributed by atoms with Gasteiger partial charge in [0.25, 0.3) is 5.91 Å². The number of piperidine rings is 1. The van der Waals surface area contributed by atoms with Crippen molar-refractivity contribution in [3.63, 3.8) is 0 Å². The monoisotopic (exact) mass is 260 g/mol. The molecule has 1 saturated heterocycles. The van der Waals surface area contributed by atoms with Crippen molar-refractivity contribution < 1.29 is 4.79 Å². The lowest BCUT2D eigenvalue weighted by Crippen LogP contribution is -2.34. The average Bonchev–Trinajstić information content (AvgIpc) is 2.45. The molecule has 19 heavy (non-hydrogen) atoms. The van der Waals surface area contributed by atoms with E-state index < -0.39 is 0 Å². The molecule has 2 heterocycles. The van der Waals surface area contributed by atoms with Gasteiger partial charge < -0.3 is 10.2 Å². The van der Waals surface area contributed by atoms with Crippen molar-refractivity contribution in [2.24, 2.45) is 5.92 Å². The van der Waals surface area contributed by atoms with Crippen LogP contribution in [0.4, 0.5) is 5.95 Å². The number of carbonyl (C=O) groups excluding carboxylic acids is 1. The van der Waals surface area contributed by atoms with Crippen LogP contribution in [0.25, 0.3) is 0 Å². The predicted molar refractivity (Wildman–Crippen MR) is 75.2 cm³/mol. The normalized spacial score (nSPS) is 16.2. The highest BCUT2D eigenvalue weighted by Crippen LogP contribution is 2.19. The van der Waals surface area contributed by atoms with E-state index in [1.807, 2.05) is 0 Å². The zero-order valence-corrected chi connectivity index (χ0v) is 11.3. The number of aromatic nitrogens is 2. The van der Waals surface area contributed by atoms with Crippen molar-refractivity contribution in [2.45, 2.75) is 19.8 Å². The highest BCUT2D eigenvalue weighted by atomic mass is 16.1. The van der Waals surface area contributed by atoms with Crippen LogP contribution in [0.1, 0.15) is 30.3 Å². The average molecular weight is 260 g/mol. The van der Waals surface area contributed by atoms with Gasteiger partial charge in [0, 0.05) is 25.8 Å². The maximum atomic E-state index is 11.8. The molecule has 0 unspecified atom stereocenters. The molecule has 1 fully saturated rings. The fraction of sp³-hybridized carbons (Fsp3) is 0.500. The molecule has 0 aliphatic carbocycles. The van der Waals surface area contributed by atoms with Crippen LogP contribution in [-0.2, 0) is 0 Å². The Bertz CT molecular complexity index is 453. The quantitative estimate of drug-likeness (QED) is 0.836. The minimum atomic E-state index is -0.186. The van der Waals surface area contributed by atoms with Crippen LogP contribution in [0.2, 0.25) is 0 Å². The van der Waals surface area contributed by atoms with Crippen molar-refractivity contribution in [1.82, 2.24) is 15.3 Å². The van der Waals surface area contributed by atoms with Crippen LogP contribution in [0.15, 0.2) is 24.9 Å². The number of hydrogen-bond donors (Lipinski definition) is 1. The third-order valence-electron chi connectivity index (χ3n) is 3.35. The molecular formula is C14H20N4O. The van der Waals surface area contributed by atoms with Gasteiger partial charge in [-0.2, -0.15) is 0 Å². The van der Waals surface area contributed by atoms with Gasteiger partial charge >= 0.3 is 0 Å². The van der Waals surface area contributed by atoms with Crippen LogP contribution in [-0.4, -0.2) is 35.5 Å². The van der Waals surface area contributed by atoms with Gasteiger partial charge in [0.2, 0.25) is 5.95 Å². The SMILES string of the molecule is C=CCNC(=O)c1ccnc(N2CCC(C)CC2)n1. The summed E-state index contributed by atoms with van der Waals surface area (Å²) in [5.41, 5.74) is 0.408. The van der Waals surface area contributed by atoms with Gasteiger partial charge in [0.15, 0.2) is 0 Å². The summed E-state index contributed by atoms with van der Waals surface area (Å²) in [4.78, 5) is 22.6. The van der Waals surface area contributed by atoms with E-state index in [4.69, 9.17) is 0 Å². The summed E-state index contributed by atoms with van der Waals surface area (Å²) in [6, 6.07) is 1.63. The molecule has 0 aromatic carbocycles. The van der Waals surface area contributed by atoms with Crippen molar-refractivity contribution in [3.8, 4) is 0 Å². The van der Waals surface area contributed by atoms with Crippen LogP contribution in [0.5, 0.6) is 0 Å². The van der Waals surface area contributed by atoms with Crippen molar-refractivity contribution >= 4 is 11.9 Å². The number of carbonyl (C=O) groups is 1. The maximum absolute atomic E-state index is 11.8. The second kappa shape index (κ2) is 6.31. The van der Waals surface area contributed by atoms with Gasteiger partial charge in [-0.3, -0.25) is 4.79 Å². The maximum Gasteiger partial charge on any atom is 0.270 e. The molecule has 1 aliphatic heterocycles. The Balaban J connectivity index is 2.06. The van der Waals surface area contributed by atoms with Gasteiger partial charge in [-0.25, -0.2) is 9.97 Å². The first-order valence-electron chi connectivity index (χ1n) is 6.68. The third-order valence-corrected chi connectivity index (χ3v) is 3.35. The fourth-order valence-electron chi connectivity index (χ4n) is 2.09. The summed E-state index contributed by atoms with van der Waals surface area (Å²) >= 11 is 0. The number of rotatable bonds is 4. The van der Waals surface area contributed by atoms with E-state index in [1.54, 1.807) is 18.3 Å². The van der Waals surface area contributed by atoms with Gasteiger partial charge in [-0.15, -0.1) is 6.58 Å². The highest BCUT2D eigenvalue weighted by Gasteiger charge is 2.18. The third kappa shape index (κ3) is 3.53. The number of anilines is 1. The van der Waals surface area contributed by atoms with Crippen LogP contribution < -0.4 is 10.2 Å². The number of amides is 1. The highest BCUT2D eigenvalue weighted by molar-refractivity contribution is 5.92. The van der Waals surface area contributed by atoms with E-state index in [0.29, 0.717) is 18.2 Å². The Kier molecular flexibility index (Phi) is 4.49. The minimum absolute atomic E-state index is 0.186. The summed E-state index contributed by atoms with van der Waals surface area (Å²) in [5.74, 6) is 1.22. The molecule has 0 bridgehead atoms. The van der Waals surface area contributed by atoms with E-state index in [-0.39, 0.29) is 5.91 Å². The molecule has 0 radical (unpaired) electrons. The van der Waals surface area contributed by atoms with Crippen molar-refractivity contribution in [1.29, 1.82) is 0 Å². The molecule has 1 amide bonds. The van der Waals surface area contributed by atoms with Crippen LogP contribution >= 0.6 is 0 Å². The Morgan fingerprint density at radius 1 is 1.58 bits per heavy atom. The molecule has 1 aliphatic rings. The molecule has 1 aromatic rings. The van der Waals surface area contributed by atoms with Crippen LogP contribution in [0.3, 0.4) is 0 Å². The first kappa shape index (κ1) is 13.5. The molecule has 0 saturated carbocycles. The Labute approximate surface area is 113 Å². The second-order valence-corrected chi connectivity index (χ2v) is 4.91. The molecule has 0 atom stereocenters. The topological polar surface area (TPSA) is 58.1 Å². The first-order valence-corrected chi connectivity index (χ1v) is 6.68. The first-order chi connectivity index (χ1) is 9.20. The minimum Gasteiger partial charge on any atom is -0.347 e. The Morgan fingerprint density at radius 2 is 2.32 bits per heavy atom. The Morgan fingerprint density at radius 3 is 3.00 bits per heavy atom. The van der Waals surface area contributed by atoms with Gasteiger partial charge in [0.05, 0.1) is 0 Å². The number of hydrogen-bond acceptors (Lipinski definition) is 4. The number of nitrogens with one attached hydrogen (secondary N) is 1. The van der Waals surface area contributed by atoms with Gasteiger partial charge in [-0.05, 0) is 24.8 Å². The summed E-state index contributed by atoms with van der Waals surface area (Å²) in [6.45, 7) is 8.19. The van der Waals surface area contributed by atoms with E-state index in [1.165, 1.54) is 0 Å². The smallest absolute Gasteiger partial charge is 0.270 e. The lowest BCUT2D eigenvalue weighted by Gasteiger charge is -2.30. The van der Waals surface area contributed by atoms with Gasteiger partial charge in [-0.1, -0.05) is 13.0 Å². The summed E-state index contributed by atoms with van der Waals surface area (Å²) in [6.07, 6.45) is 5.59. The van der Waals surface area contributed by atoms with Gasteiger partial charge in [0.1, 0.15) is 5.69 Å². The van der Waals surface area contributed by atoms with Crippen molar-refractivity contribution in [3.05, 3.63) is 30.6 Å². The summed E-state index contributed by atoms with van der Waals surface area (Å²) in [7, 11) is 0. The fourth-order valence-corrected chi connectivity index (χ4v) is 2.09. The molecule has 1 N–H and O–H groups in total. The van der Waals surface area contributed by atoms with E-state index >= 15 is 0 Å². The molecule has 2 rings (SSSR count). The Hall–Kier alpha value is -1.91. The largest absolute Gasteiger partial charge is 0.347 e. The molecule has 0 spiro atoms. The molecule has 1 aromatic heterocycles. The lowest BCUT2D eigenvalue weighted by atomic mass is 10.00. The number of nitrogens with zero attached hydrogens (tertiary/aromatic N) is 3. The van der Waals surface area contributed by atoms with Crippen molar-refractivity contribution in [2.75, 3.05) is 24.5 Å². The van der Waals surface area contributed by atoms with E-state index in [0.717, 1.165) is 31.8 Å². The zero-order chi connectivity index (χ0) is 13.7. The lowest BCUT2D eigenvalue weighted by molar-refractivity contribution is 0.0953. The summed E-state index contributed by atoms with van der Waals surface area (Å²) < 4.78 is 0. The standard InChI is InChI=1S/C14H20N4O/c1-3-7-15-13(19)12-4-8-16-14(17-12)18-9-5-11(2)6-10-18/h3-4,8,11H,1,5-7,9-10H2,2H3,(H,15,19). The molecule has 5 nitrogen and oxygen atoms in total.